The fourth-order valence-corrected chi connectivity index (χ4v) is 2.45. The van der Waals surface area contributed by atoms with E-state index in [1.165, 1.54) is 5.56 Å². The molecule has 25 heavy (non-hydrogen) atoms. The molecule has 0 spiro atoms. The molecule has 0 unspecified atom stereocenters. The summed E-state index contributed by atoms with van der Waals surface area (Å²) < 4.78 is 10.5. The molecule has 0 aliphatic heterocycles. The highest BCUT2D eigenvalue weighted by atomic mass is 16.5. The molecule has 2 aromatic carbocycles. The molecular formula is C20H26N2O3. The highest BCUT2D eigenvalue weighted by Gasteiger charge is 2.08. The van der Waals surface area contributed by atoms with Crippen molar-refractivity contribution in [1.29, 1.82) is 0 Å². The van der Waals surface area contributed by atoms with Gasteiger partial charge in [-0.05, 0) is 29.7 Å². The smallest absolute Gasteiger partial charge is 0.243 e. The van der Waals surface area contributed by atoms with Crippen molar-refractivity contribution in [2.45, 2.75) is 19.8 Å². The van der Waals surface area contributed by atoms with Crippen LogP contribution in [0.25, 0.3) is 0 Å². The van der Waals surface area contributed by atoms with Crippen LogP contribution >= 0.6 is 0 Å². The van der Waals surface area contributed by atoms with E-state index in [-0.39, 0.29) is 12.5 Å². The maximum absolute atomic E-state index is 12.2. The average molecular weight is 342 g/mol. The molecule has 2 aromatic rings. The molecule has 0 heterocycles. The summed E-state index contributed by atoms with van der Waals surface area (Å²) in [4.78, 5) is 12.2. The van der Waals surface area contributed by atoms with E-state index in [1.807, 2.05) is 36.4 Å². The minimum Gasteiger partial charge on any atom is -0.491 e. The van der Waals surface area contributed by atoms with Crippen molar-refractivity contribution < 1.29 is 14.3 Å². The van der Waals surface area contributed by atoms with Gasteiger partial charge in [0.25, 0.3) is 0 Å². The van der Waals surface area contributed by atoms with Crippen molar-refractivity contribution in [2.75, 3.05) is 37.5 Å². The lowest BCUT2D eigenvalue weighted by Gasteiger charge is -2.14. The number of carbonyl (C=O) groups is 1. The summed E-state index contributed by atoms with van der Waals surface area (Å²) in [5.74, 6) is 0.994. The first kappa shape index (κ1) is 18.8. The normalized spacial score (nSPS) is 10.6. The lowest BCUT2D eigenvalue weighted by Crippen LogP contribution is -2.22. The molecule has 2 N–H and O–H groups in total. The van der Waals surface area contributed by atoms with E-state index in [9.17, 15) is 4.79 Å². The van der Waals surface area contributed by atoms with Gasteiger partial charge in [-0.1, -0.05) is 38.1 Å². The van der Waals surface area contributed by atoms with Crippen LogP contribution in [-0.2, 0) is 9.53 Å². The summed E-state index contributed by atoms with van der Waals surface area (Å²) in [6, 6.07) is 15.4. The predicted molar refractivity (Wildman–Crippen MR) is 101 cm³/mol. The molecule has 0 bridgehead atoms. The van der Waals surface area contributed by atoms with Crippen molar-refractivity contribution in [2.24, 2.45) is 0 Å². The summed E-state index contributed by atoms with van der Waals surface area (Å²) >= 11 is 0. The molecule has 5 heteroatoms. The Morgan fingerprint density at radius 2 is 1.88 bits per heavy atom. The van der Waals surface area contributed by atoms with Crippen LogP contribution in [0.1, 0.15) is 25.3 Å². The van der Waals surface area contributed by atoms with Gasteiger partial charge in [-0.3, -0.25) is 4.79 Å². The number of carbonyl (C=O) groups excluding carboxylic acids is 1. The van der Waals surface area contributed by atoms with E-state index in [0.717, 1.165) is 5.69 Å². The Labute approximate surface area is 149 Å². The van der Waals surface area contributed by atoms with Crippen molar-refractivity contribution in [3.8, 4) is 5.75 Å². The molecule has 1 amide bonds. The number of para-hydroxylation sites is 1. The maximum atomic E-state index is 12.2. The Morgan fingerprint density at radius 3 is 2.64 bits per heavy atom. The minimum absolute atomic E-state index is 0.104. The third-order valence-corrected chi connectivity index (χ3v) is 3.70. The molecule has 5 nitrogen and oxygen atoms in total. The van der Waals surface area contributed by atoms with Gasteiger partial charge < -0.3 is 20.1 Å². The summed E-state index contributed by atoms with van der Waals surface area (Å²) in [5.41, 5.74) is 2.90. The predicted octanol–water partition coefficient (Wildman–Crippen LogP) is 3.89. The van der Waals surface area contributed by atoms with Crippen LogP contribution < -0.4 is 15.4 Å². The Hall–Kier alpha value is -2.53. The standard InChI is InChI=1S/C20H26N2O3/c1-15(2)18-9-4-5-10-19(18)21-14-20(23)22-16-7-6-8-17(13-16)25-12-11-24-3/h4-10,13,15,21H,11-12,14H2,1-3H3,(H,22,23). The van der Waals surface area contributed by atoms with Crippen molar-refractivity contribution in [1.82, 2.24) is 0 Å². The summed E-state index contributed by atoms with van der Waals surface area (Å²) in [6.07, 6.45) is 0. The first-order chi connectivity index (χ1) is 12.1. The van der Waals surface area contributed by atoms with Crippen molar-refractivity contribution in [3.63, 3.8) is 0 Å². The highest BCUT2D eigenvalue weighted by Crippen LogP contribution is 2.23. The zero-order valence-corrected chi connectivity index (χ0v) is 15.0. The highest BCUT2D eigenvalue weighted by molar-refractivity contribution is 5.94. The molecule has 0 aromatic heterocycles. The monoisotopic (exact) mass is 342 g/mol. The van der Waals surface area contributed by atoms with Crippen LogP contribution in [0.2, 0.25) is 0 Å². The molecule has 0 saturated carbocycles. The third kappa shape index (κ3) is 6.12. The van der Waals surface area contributed by atoms with Gasteiger partial charge in [0.05, 0.1) is 13.2 Å². The van der Waals surface area contributed by atoms with Gasteiger partial charge in [-0.15, -0.1) is 0 Å². The lowest BCUT2D eigenvalue weighted by molar-refractivity contribution is -0.114. The van der Waals surface area contributed by atoms with Crippen LogP contribution in [0.15, 0.2) is 48.5 Å². The zero-order chi connectivity index (χ0) is 18.1. The number of anilines is 2. The van der Waals surface area contributed by atoms with Gasteiger partial charge in [0.1, 0.15) is 12.4 Å². The molecule has 0 atom stereocenters. The Balaban J connectivity index is 1.89. The molecule has 0 saturated heterocycles. The second-order valence-corrected chi connectivity index (χ2v) is 6.01. The third-order valence-electron chi connectivity index (χ3n) is 3.70. The van der Waals surface area contributed by atoms with Crippen LogP contribution in [0.5, 0.6) is 5.75 Å². The van der Waals surface area contributed by atoms with Crippen molar-refractivity contribution >= 4 is 17.3 Å². The Kier molecular flexibility index (Phi) is 7.29. The van der Waals surface area contributed by atoms with E-state index in [2.05, 4.69) is 30.5 Å². The number of benzene rings is 2. The topological polar surface area (TPSA) is 59.6 Å². The van der Waals surface area contributed by atoms with Crippen molar-refractivity contribution in [3.05, 3.63) is 54.1 Å². The van der Waals surface area contributed by atoms with Gasteiger partial charge >= 0.3 is 0 Å². The lowest BCUT2D eigenvalue weighted by atomic mass is 10.0. The SMILES string of the molecule is COCCOc1cccc(NC(=O)CNc2ccccc2C(C)C)c1. The molecule has 0 aliphatic rings. The minimum atomic E-state index is -0.104. The second-order valence-electron chi connectivity index (χ2n) is 6.01. The molecule has 0 aliphatic carbocycles. The zero-order valence-electron chi connectivity index (χ0n) is 15.0. The van der Waals surface area contributed by atoms with E-state index in [0.29, 0.717) is 30.6 Å². The quantitative estimate of drug-likeness (QED) is 0.679. The van der Waals surface area contributed by atoms with Crippen LogP contribution in [0.3, 0.4) is 0 Å². The average Bonchev–Trinajstić information content (AvgIpc) is 2.61. The van der Waals surface area contributed by atoms with Gasteiger partial charge in [-0.2, -0.15) is 0 Å². The number of hydrogen-bond donors (Lipinski definition) is 2. The Morgan fingerprint density at radius 1 is 1.08 bits per heavy atom. The molecular weight excluding hydrogens is 316 g/mol. The molecule has 2 rings (SSSR count). The van der Waals surface area contributed by atoms with Gasteiger partial charge in [0.2, 0.25) is 5.91 Å². The molecule has 134 valence electrons. The van der Waals surface area contributed by atoms with E-state index in [1.54, 1.807) is 13.2 Å². The van der Waals surface area contributed by atoms with E-state index < -0.39 is 0 Å². The summed E-state index contributed by atoms with van der Waals surface area (Å²) in [5, 5.41) is 6.09. The van der Waals surface area contributed by atoms with E-state index in [4.69, 9.17) is 9.47 Å². The van der Waals surface area contributed by atoms with Gasteiger partial charge in [-0.25, -0.2) is 0 Å². The largest absolute Gasteiger partial charge is 0.491 e. The second kappa shape index (κ2) is 9.69. The summed E-state index contributed by atoms with van der Waals surface area (Å²) in [7, 11) is 1.63. The maximum Gasteiger partial charge on any atom is 0.243 e. The fourth-order valence-electron chi connectivity index (χ4n) is 2.45. The molecule has 0 fully saturated rings. The van der Waals surface area contributed by atoms with Gasteiger partial charge in [0.15, 0.2) is 0 Å². The van der Waals surface area contributed by atoms with Crippen LogP contribution in [-0.4, -0.2) is 32.8 Å². The summed E-state index contributed by atoms with van der Waals surface area (Å²) in [6.45, 7) is 5.47. The van der Waals surface area contributed by atoms with Crippen LogP contribution in [0, 0.1) is 0 Å². The van der Waals surface area contributed by atoms with E-state index >= 15 is 0 Å². The van der Waals surface area contributed by atoms with Gasteiger partial charge in [0, 0.05) is 24.6 Å². The first-order valence-corrected chi connectivity index (χ1v) is 8.44. The number of methoxy groups -OCH3 is 1. The first-order valence-electron chi connectivity index (χ1n) is 8.44. The Bertz CT molecular complexity index is 686. The fraction of sp³-hybridized carbons (Fsp3) is 0.350. The van der Waals surface area contributed by atoms with Crippen LogP contribution in [0.4, 0.5) is 11.4 Å². The number of rotatable bonds is 9. The number of ether oxygens (including phenoxy) is 2. The number of amides is 1. The number of hydrogen-bond acceptors (Lipinski definition) is 4. The molecule has 0 radical (unpaired) electrons. The number of nitrogens with one attached hydrogen (secondary N) is 2.